The van der Waals surface area contributed by atoms with Gasteiger partial charge in [0.2, 0.25) is 5.91 Å². The van der Waals surface area contributed by atoms with Crippen molar-refractivity contribution in [3.63, 3.8) is 0 Å². The molecule has 3 aliphatic heterocycles. The third-order valence-electron chi connectivity index (χ3n) is 6.67. The summed E-state index contributed by atoms with van der Waals surface area (Å²) in [5.74, 6) is -0.555. The Labute approximate surface area is 212 Å². The first-order valence-corrected chi connectivity index (χ1v) is 11.8. The number of hydrogen-bond donors (Lipinski definition) is 9. The molecule has 216 valence electrons. The number of aliphatic hydroxyl groups is 8. The van der Waals surface area contributed by atoms with Gasteiger partial charge < -0.3 is 74.6 Å². The molecule has 16 nitrogen and oxygen atoms in total. The number of carbonyl (C=O) groups is 1. The Bertz CT molecular complexity index is 745. The fraction of sp³-hybridized carbons (Fsp3) is 0.952. The average Bonchev–Trinajstić information content (AvgIpc) is 2.87. The van der Waals surface area contributed by atoms with Crippen LogP contribution >= 0.6 is 0 Å². The minimum Gasteiger partial charge on any atom is -0.394 e. The highest BCUT2D eigenvalue weighted by Crippen LogP contribution is 2.33. The predicted octanol–water partition coefficient (Wildman–Crippen LogP) is -5.75. The second kappa shape index (κ2) is 12.8. The number of carbonyl (C=O) groups excluding carboxylic acids is 1. The molecule has 3 aliphatic rings. The van der Waals surface area contributed by atoms with E-state index >= 15 is 0 Å². The normalized spacial score (nSPS) is 49.0. The Morgan fingerprint density at radius 3 is 1.78 bits per heavy atom. The number of nitrogens with one attached hydrogen (secondary N) is 1. The minimum absolute atomic E-state index is 0.555. The van der Waals surface area contributed by atoms with Crippen LogP contribution < -0.4 is 5.32 Å². The first-order valence-electron chi connectivity index (χ1n) is 11.8. The molecule has 15 atom stereocenters. The summed E-state index contributed by atoms with van der Waals surface area (Å²) in [6.07, 6.45) is -20.8. The molecule has 0 aromatic rings. The summed E-state index contributed by atoms with van der Waals surface area (Å²) in [6, 6.07) is -1.18. The summed E-state index contributed by atoms with van der Waals surface area (Å²) < 4.78 is 33.7. The molecule has 9 N–H and O–H groups in total. The van der Waals surface area contributed by atoms with Gasteiger partial charge in [-0.2, -0.15) is 0 Å². The number of ether oxygens (including phenoxy) is 6. The molecule has 0 spiro atoms. The summed E-state index contributed by atoms with van der Waals surface area (Å²) in [6.45, 7) is 1.21. The van der Waals surface area contributed by atoms with E-state index in [0.29, 0.717) is 0 Å². The Morgan fingerprint density at radius 1 is 0.730 bits per heavy atom. The third kappa shape index (κ3) is 6.39. The first-order chi connectivity index (χ1) is 17.4. The highest BCUT2D eigenvalue weighted by molar-refractivity contribution is 5.73. The number of aliphatic hydroxyl groups excluding tert-OH is 8. The van der Waals surface area contributed by atoms with Crippen LogP contribution in [0.4, 0.5) is 0 Å². The van der Waals surface area contributed by atoms with Crippen LogP contribution in [-0.4, -0.2) is 159 Å². The molecular weight excluding hydrogens is 506 g/mol. The van der Waals surface area contributed by atoms with E-state index in [4.69, 9.17) is 28.4 Å². The summed E-state index contributed by atoms with van der Waals surface area (Å²) in [7, 11) is 1.26. The van der Waals surface area contributed by atoms with Gasteiger partial charge in [-0.05, 0) is 6.92 Å². The molecule has 1 unspecified atom stereocenters. The Morgan fingerprint density at radius 2 is 1.24 bits per heavy atom. The van der Waals surface area contributed by atoms with Crippen LogP contribution in [0.3, 0.4) is 0 Å². The zero-order valence-electron chi connectivity index (χ0n) is 20.5. The van der Waals surface area contributed by atoms with Crippen LogP contribution in [0.15, 0.2) is 0 Å². The van der Waals surface area contributed by atoms with Crippen molar-refractivity contribution in [1.29, 1.82) is 0 Å². The molecule has 0 aliphatic carbocycles. The topological polar surface area (TPSA) is 246 Å². The quantitative estimate of drug-likeness (QED) is 0.138. The van der Waals surface area contributed by atoms with Gasteiger partial charge in [0.15, 0.2) is 18.9 Å². The van der Waals surface area contributed by atoms with Gasteiger partial charge >= 0.3 is 0 Å². The van der Waals surface area contributed by atoms with Crippen LogP contribution in [0.25, 0.3) is 0 Å². The van der Waals surface area contributed by atoms with Crippen molar-refractivity contribution in [2.24, 2.45) is 0 Å². The van der Waals surface area contributed by atoms with Crippen molar-refractivity contribution < 1.29 is 74.1 Å². The van der Waals surface area contributed by atoms with E-state index in [1.54, 1.807) is 0 Å². The lowest BCUT2D eigenvalue weighted by molar-refractivity contribution is -0.371. The second-order valence-corrected chi connectivity index (χ2v) is 9.27. The third-order valence-corrected chi connectivity index (χ3v) is 6.67. The monoisotopic (exact) mass is 543 g/mol. The summed E-state index contributed by atoms with van der Waals surface area (Å²) in [4.78, 5) is 12.0. The standard InChI is InChI=1S/C21H37NO15/c1-6-11(26)13(28)15(30)20(33-6)36-17-9(5-24)35-19(32-3)10(22-7(2)25)18(17)37-21-16(31)14(29)12(27)8(4-23)34-21/h6,8-21,23-24,26-31H,4-5H2,1-3H3,(H,22,25)/t6?,8-,9-,10-,11-,12+,13-,14+,15+,16-,17-,18-,19-,20+,21+/m1/s1. The summed E-state index contributed by atoms with van der Waals surface area (Å²) in [5, 5.41) is 83.5. The number of amides is 1. The molecule has 3 heterocycles. The van der Waals surface area contributed by atoms with Crippen LogP contribution in [0, 0.1) is 0 Å². The highest BCUT2D eigenvalue weighted by Gasteiger charge is 2.54. The van der Waals surface area contributed by atoms with E-state index in [9.17, 15) is 45.6 Å². The molecule has 3 rings (SSSR count). The van der Waals surface area contributed by atoms with Crippen molar-refractivity contribution in [2.75, 3.05) is 20.3 Å². The maximum absolute atomic E-state index is 12.0. The van der Waals surface area contributed by atoms with E-state index < -0.39 is 111 Å². The molecule has 0 aromatic heterocycles. The van der Waals surface area contributed by atoms with Gasteiger partial charge in [-0.25, -0.2) is 0 Å². The largest absolute Gasteiger partial charge is 0.394 e. The van der Waals surface area contributed by atoms with Gasteiger partial charge in [0.1, 0.15) is 67.1 Å². The Balaban J connectivity index is 1.95. The number of methoxy groups -OCH3 is 1. The fourth-order valence-electron chi connectivity index (χ4n) is 4.58. The molecule has 1 amide bonds. The number of hydrogen-bond acceptors (Lipinski definition) is 15. The van der Waals surface area contributed by atoms with Crippen molar-refractivity contribution in [1.82, 2.24) is 5.32 Å². The minimum atomic E-state index is -1.82. The smallest absolute Gasteiger partial charge is 0.217 e. The average molecular weight is 544 g/mol. The molecule has 0 bridgehead atoms. The van der Waals surface area contributed by atoms with Crippen LogP contribution in [0.2, 0.25) is 0 Å². The summed E-state index contributed by atoms with van der Waals surface area (Å²) in [5.41, 5.74) is 0. The zero-order valence-corrected chi connectivity index (χ0v) is 20.5. The van der Waals surface area contributed by atoms with Gasteiger partial charge in [-0.1, -0.05) is 0 Å². The first kappa shape index (κ1) is 30.5. The molecular formula is C21H37NO15. The van der Waals surface area contributed by atoms with Crippen LogP contribution in [-0.2, 0) is 33.2 Å². The fourth-order valence-corrected chi connectivity index (χ4v) is 4.58. The van der Waals surface area contributed by atoms with Crippen LogP contribution in [0.5, 0.6) is 0 Å². The Hall–Kier alpha value is -1.09. The zero-order chi connectivity index (χ0) is 27.6. The lowest BCUT2D eigenvalue weighted by Crippen LogP contribution is -2.69. The second-order valence-electron chi connectivity index (χ2n) is 9.27. The van der Waals surface area contributed by atoms with E-state index in [2.05, 4.69) is 5.32 Å². The van der Waals surface area contributed by atoms with Crippen molar-refractivity contribution in [2.45, 2.75) is 106 Å². The number of rotatable bonds is 8. The van der Waals surface area contributed by atoms with E-state index in [1.807, 2.05) is 0 Å². The lowest BCUT2D eigenvalue weighted by Gasteiger charge is -2.50. The molecule has 16 heteroatoms. The maximum Gasteiger partial charge on any atom is 0.217 e. The van der Waals surface area contributed by atoms with E-state index in [1.165, 1.54) is 21.0 Å². The lowest BCUT2D eigenvalue weighted by atomic mass is 9.94. The van der Waals surface area contributed by atoms with E-state index in [-0.39, 0.29) is 0 Å². The van der Waals surface area contributed by atoms with Gasteiger partial charge in [-0.15, -0.1) is 0 Å². The SMILES string of the molecule is CO[C@@H]1O[C@H](CO)[C@@H](O[C@@H]2OC(C)[C@@H](O)[C@@H](O)[C@@H]2O)[C@H](O[C@@H]2O[C@H](CO)[C@H](O)[C@H](O)[C@H]2O)[C@H]1NC(C)=O. The van der Waals surface area contributed by atoms with Crippen molar-refractivity contribution >= 4 is 5.91 Å². The van der Waals surface area contributed by atoms with E-state index in [0.717, 1.165) is 0 Å². The molecule has 3 fully saturated rings. The van der Waals surface area contributed by atoms with Crippen molar-refractivity contribution in [3.8, 4) is 0 Å². The molecule has 0 radical (unpaired) electrons. The van der Waals surface area contributed by atoms with Crippen molar-refractivity contribution in [3.05, 3.63) is 0 Å². The molecule has 0 aromatic carbocycles. The molecule has 0 saturated carbocycles. The molecule has 3 saturated heterocycles. The van der Waals surface area contributed by atoms with Gasteiger partial charge in [0.25, 0.3) is 0 Å². The maximum atomic E-state index is 12.0. The van der Waals surface area contributed by atoms with Gasteiger partial charge in [0.05, 0.1) is 19.3 Å². The highest BCUT2D eigenvalue weighted by atomic mass is 16.8. The molecule has 37 heavy (non-hydrogen) atoms. The van der Waals surface area contributed by atoms with Gasteiger partial charge in [-0.3, -0.25) is 4.79 Å². The predicted molar refractivity (Wildman–Crippen MR) is 116 cm³/mol. The summed E-state index contributed by atoms with van der Waals surface area (Å²) >= 11 is 0. The van der Waals surface area contributed by atoms with Gasteiger partial charge in [0, 0.05) is 14.0 Å². The Kier molecular flexibility index (Phi) is 10.6. The van der Waals surface area contributed by atoms with Crippen LogP contribution in [0.1, 0.15) is 13.8 Å².